The van der Waals surface area contributed by atoms with Gasteiger partial charge in [-0.25, -0.2) is 8.42 Å². The van der Waals surface area contributed by atoms with Gasteiger partial charge in [-0.3, -0.25) is 0 Å². The number of nitrogens with one attached hydrogen (secondary N) is 1. The summed E-state index contributed by atoms with van der Waals surface area (Å²) < 4.78 is 23.3. The summed E-state index contributed by atoms with van der Waals surface area (Å²) in [6.07, 6.45) is 6.78. The van der Waals surface area contributed by atoms with Crippen molar-refractivity contribution in [3.8, 4) is 0 Å². The van der Waals surface area contributed by atoms with Crippen LogP contribution in [-0.2, 0) is 9.84 Å². The van der Waals surface area contributed by atoms with Crippen molar-refractivity contribution in [2.24, 2.45) is 0 Å². The first kappa shape index (κ1) is 13.9. The van der Waals surface area contributed by atoms with E-state index in [9.17, 15) is 8.42 Å². The van der Waals surface area contributed by atoms with Crippen molar-refractivity contribution in [2.75, 3.05) is 19.1 Å². The molecule has 1 unspecified atom stereocenters. The molecule has 2 rings (SSSR count). The van der Waals surface area contributed by atoms with Crippen LogP contribution in [0.25, 0.3) is 0 Å². The van der Waals surface area contributed by atoms with E-state index in [-0.39, 0.29) is 0 Å². The van der Waals surface area contributed by atoms with Crippen molar-refractivity contribution in [3.05, 3.63) is 23.8 Å². The fourth-order valence-corrected chi connectivity index (χ4v) is 4.31. The maximum atomic E-state index is 11.7. The molecule has 0 bridgehead atoms. The highest BCUT2D eigenvalue weighted by Gasteiger charge is 2.18. The Morgan fingerprint density at radius 1 is 1.33 bits per heavy atom. The average Bonchev–Trinajstić information content (AvgIpc) is 2.38. The highest BCUT2D eigenvalue weighted by Crippen LogP contribution is 2.30. The van der Waals surface area contributed by atoms with E-state index >= 15 is 0 Å². The van der Waals surface area contributed by atoms with E-state index in [4.69, 9.17) is 0 Å². The fourth-order valence-electron chi connectivity index (χ4n) is 2.34. The second-order valence-electron chi connectivity index (χ2n) is 4.68. The van der Waals surface area contributed by atoms with Crippen LogP contribution in [0.1, 0.15) is 30.9 Å². The Kier molecular flexibility index (Phi) is 4.35. The summed E-state index contributed by atoms with van der Waals surface area (Å²) in [6.45, 7) is 1.05. The molecule has 0 amide bonds. The normalized spacial score (nSPS) is 20.9. The minimum Gasteiger partial charge on any atom is -0.310 e. The van der Waals surface area contributed by atoms with Crippen LogP contribution in [0, 0.1) is 0 Å². The molecular formula is C13H19NO2S2. The van der Waals surface area contributed by atoms with Gasteiger partial charge in [-0.1, -0.05) is 12.5 Å². The maximum absolute atomic E-state index is 11.7. The summed E-state index contributed by atoms with van der Waals surface area (Å²) in [7, 11) is -3.13. The Labute approximate surface area is 113 Å². The van der Waals surface area contributed by atoms with Gasteiger partial charge in [0.2, 0.25) is 0 Å². The Morgan fingerprint density at radius 2 is 2.11 bits per heavy atom. The smallest absolute Gasteiger partial charge is 0.176 e. The molecular weight excluding hydrogens is 266 g/mol. The molecule has 0 saturated carbocycles. The molecule has 5 heteroatoms. The minimum atomic E-state index is -3.13. The van der Waals surface area contributed by atoms with E-state index in [1.165, 1.54) is 36.4 Å². The van der Waals surface area contributed by atoms with Gasteiger partial charge in [0.25, 0.3) is 0 Å². The zero-order valence-corrected chi connectivity index (χ0v) is 12.4. The van der Waals surface area contributed by atoms with Gasteiger partial charge in [0.05, 0.1) is 4.90 Å². The van der Waals surface area contributed by atoms with E-state index < -0.39 is 9.84 Å². The molecule has 3 nitrogen and oxygen atoms in total. The van der Waals surface area contributed by atoms with Gasteiger partial charge in [-0.15, -0.1) is 11.8 Å². The van der Waals surface area contributed by atoms with E-state index in [1.807, 2.05) is 18.4 Å². The predicted molar refractivity (Wildman–Crippen MR) is 75.9 cm³/mol. The third-order valence-corrected chi connectivity index (χ3v) is 5.36. The van der Waals surface area contributed by atoms with E-state index in [0.29, 0.717) is 10.9 Å². The second kappa shape index (κ2) is 5.63. The number of rotatable bonds is 3. The largest absolute Gasteiger partial charge is 0.310 e. The monoisotopic (exact) mass is 285 g/mol. The Morgan fingerprint density at radius 3 is 2.67 bits per heavy atom. The molecule has 0 radical (unpaired) electrons. The van der Waals surface area contributed by atoms with Crippen LogP contribution in [0.15, 0.2) is 28.0 Å². The minimum absolute atomic E-state index is 0.373. The second-order valence-corrected chi connectivity index (χ2v) is 7.52. The standard InChI is InChI=1S/C13H19NO2S2/c1-17-12-9-10(11-5-3-4-8-14-11)6-7-13(12)18(2,15)16/h6-7,9,11,14H,3-5,8H2,1-2H3. The van der Waals surface area contributed by atoms with Crippen LogP contribution in [0.3, 0.4) is 0 Å². The van der Waals surface area contributed by atoms with Crippen LogP contribution >= 0.6 is 11.8 Å². The van der Waals surface area contributed by atoms with Gasteiger partial charge < -0.3 is 5.32 Å². The van der Waals surface area contributed by atoms with Gasteiger partial charge in [0.1, 0.15) is 0 Å². The highest BCUT2D eigenvalue weighted by atomic mass is 32.2. The molecule has 1 aromatic carbocycles. The summed E-state index contributed by atoms with van der Waals surface area (Å²) in [5.41, 5.74) is 1.20. The first-order valence-corrected chi connectivity index (χ1v) is 9.25. The van der Waals surface area contributed by atoms with E-state index in [0.717, 1.165) is 17.9 Å². The number of hydrogen-bond acceptors (Lipinski definition) is 4. The van der Waals surface area contributed by atoms with Crippen LogP contribution in [0.4, 0.5) is 0 Å². The first-order chi connectivity index (χ1) is 8.52. The molecule has 1 aliphatic heterocycles. The van der Waals surface area contributed by atoms with Gasteiger partial charge >= 0.3 is 0 Å². The summed E-state index contributed by atoms with van der Waals surface area (Å²) in [5, 5.41) is 3.49. The average molecular weight is 285 g/mol. The van der Waals surface area contributed by atoms with Gasteiger partial charge in [0, 0.05) is 17.2 Å². The van der Waals surface area contributed by atoms with Crippen molar-refractivity contribution in [2.45, 2.75) is 35.1 Å². The van der Waals surface area contributed by atoms with Crippen molar-refractivity contribution in [1.82, 2.24) is 5.32 Å². The molecule has 1 fully saturated rings. The first-order valence-electron chi connectivity index (χ1n) is 6.14. The van der Waals surface area contributed by atoms with Crippen molar-refractivity contribution in [3.63, 3.8) is 0 Å². The van der Waals surface area contributed by atoms with Crippen LogP contribution < -0.4 is 5.32 Å². The Balaban J connectivity index is 2.35. The molecule has 100 valence electrons. The Bertz CT molecular complexity index is 520. The molecule has 1 N–H and O–H groups in total. The van der Waals surface area contributed by atoms with Gasteiger partial charge in [-0.05, 0) is 43.3 Å². The summed E-state index contributed by atoms with van der Waals surface area (Å²) in [4.78, 5) is 1.29. The lowest BCUT2D eigenvalue weighted by atomic mass is 9.98. The van der Waals surface area contributed by atoms with E-state index in [2.05, 4.69) is 5.32 Å². The van der Waals surface area contributed by atoms with Crippen molar-refractivity contribution < 1.29 is 8.42 Å². The molecule has 1 atom stereocenters. The number of benzene rings is 1. The number of sulfone groups is 1. The summed E-state index contributed by atoms with van der Waals surface area (Å²) >= 11 is 1.49. The molecule has 0 aromatic heterocycles. The quantitative estimate of drug-likeness (QED) is 0.867. The van der Waals surface area contributed by atoms with Crippen LogP contribution in [-0.4, -0.2) is 27.5 Å². The van der Waals surface area contributed by atoms with Gasteiger partial charge in [-0.2, -0.15) is 0 Å². The maximum Gasteiger partial charge on any atom is 0.176 e. The van der Waals surface area contributed by atoms with E-state index in [1.54, 1.807) is 6.07 Å². The topological polar surface area (TPSA) is 46.2 Å². The van der Waals surface area contributed by atoms with Crippen LogP contribution in [0.5, 0.6) is 0 Å². The fraction of sp³-hybridized carbons (Fsp3) is 0.538. The summed E-state index contributed by atoms with van der Waals surface area (Å²) in [5.74, 6) is 0. The molecule has 1 aliphatic rings. The molecule has 1 heterocycles. The lowest BCUT2D eigenvalue weighted by molar-refractivity contribution is 0.411. The molecule has 0 spiro atoms. The third-order valence-electron chi connectivity index (χ3n) is 3.30. The molecule has 1 saturated heterocycles. The zero-order chi connectivity index (χ0) is 13.2. The highest BCUT2D eigenvalue weighted by molar-refractivity contribution is 7.99. The number of thioether (sulfide) groups is 1. The van der Waals surface area contributed by atoms with Gasteiger partial charge in [0.15, 0.2) is 9.84 Å². The van der Waals surface area contributed by atoms with Crippen LogP contribution in [0.2, 0.25) is 0 Å². The number of piperidine rings is 1. The predicted octanol–water partition coefficient (Wildman–Crippen LogP) is 2.63. The number of hydrogen-bond donors (Lipinski definition) is 1. The SMILES string of the molecule is CSc1cc(C2CCCCN2)ccc1S(C)(=O)=O. The molecule has 0 aliphatic carbocycles. The van der Waals surface area contributed by atoms with Crippen molar-refractivity contribution in [1.29, 1.82) is 0 Å². The van der Waals surface area contributed by atoms with Crippen molar-refractivity contribution >= 4 is 21.6 Å². The lowest BCUT2D eigenvalue weighted by Crippen LogP contribution is -2.26. The summed E-state index contributed by atoms with van der Waals surface area (Å²) in [6, 6.07) is 6.08. The molecule has 18 heavy (non-hydrogen) atoms. The Hall–Kier alpha value is -0.520. The lowest BCUT2D eigenvalue weighted by Gasteiger charge is -2.24. The molecule has 1 aromatic rings. The third kappa shape index (κ3) is 3.08. The zero-order valence-electron chi connectivity index (χ0n) is 10.8.